The van der Waals surface area contributed by atoms with Gasteiger partial charge in [0, 0.05) is 30.5 Å². The van der Waals surface area contributed by atoms with Crippen LogP contribution in [0.4, 0.5) is 13.2 Å². The van der Waals surface area contributed by atoms with Crippen LogP contribution in [0, 0.1) is 5.92 Å². The van der Waals surface area contributed by atoms with Crippen LogP contribution in [-0.2, 0) is 19.1 Å². The van der Waals surface area contributed by atoms with Crippen LogP contribution in [0.25, 0.3) is 0 Å². The largest absolute Gasteiger partial charge is 0.493 e. The van der Waals surface area contributed by atoms with Crippen molar-refractivity contribution in [2.75, 3.05) is 19.7 Å². The number of halogens is 3. The van der Waals surface area contributed by atoms with Crippen LogP contribution >= 0.6 is 11.3 Å². The molecule has 0 bridgehead atoms. The molecule has 1 aromatic heterocycles. The molecule has 1 aliphatic rings. The summed E-state index contributed by atoms with van der Waals surface area (Å²) in [4.78, 5) is 8.23. The van der Waals surface area contributed by atoms with Gasteiger partial charge in [-0.25, -0.2) is 9.98 Å². The second-order valence-electron chi connectivity index (χ2n) is 6.86. The zero-order valence-corrected chi connectivity index (χ0v) is 17.1. The van der Waals surface area contributed by atoms with Gasteiger partial charge in [0.05, 0.1) is 18.2 Å². The van der Waals surface area contributed by atoms with Crippen LogP contribution in [0.1, 0.15) is 36.0 Å². The fourth-order valence-corrected chi connectivity index (χ4v) is 3.42. The Kier molecular flexibility index (Phi) is 7.35. The highest BCUT2D eigenvalue weighted by Gasteiger charge is 2.33. The highest BCUT2D eigenvalue weighted by atomic mass is 32.1. The molecule has 0 saturated heterocycles. The first-order chi connectivity index (χ1) is 14.0. The molecule has 0 unspecified atom stereocenters. The number of benzene rings is 1. The summed E-state index contributed by atoms with van der Waals surface area (Å²) >= 11 is 1.02. The van der Waals surface area contributed by atoms with E-state index in [1.54, 1.807) is 0 Å². The predicted molar refractivity (Wildman–Crippen MR) is 108 cm³/mol. The lowest BCUT2D eigenvalue weighted by Gasteiger charge is -2.12. The summed E-state index contributed by atoms with van der Waals surface area (Å²) in [6.45, 7) is 4.27. The molecule has 29 heavy (non-hydrogen) atoms. The van der Waals surface area contributed by atoms with Crippen molar-refractivity contribution in [3.05, 3.63) is 45.9 Å². The Morgan fingerprint density at radius 1 is 1.28 bits per heavy atom. The number of aromatic nitrogens is 1. The molecule has 1 aromatic carbocycles. The van der Waals surface area contributed by atoms with E-state index in [0.29, 0.717) is 42.9 Å². The summed E-state index contributed by atoms with van der Waals surface area (Å²) in [7, 11) is 0. The molecule has 1 heterocycles. The molecule has 2 aromatic rings. The average molecular weight is 427 g/mol. The lowest BCUT2D eigenvalue weighted by Crippen LogP contribution is -2.38. The highest BCUT2D eigenvalue weighted by Crippen LogP contribution is 2.31. The van der Waals surface area contributed by atoms with Gasteiger partial charge >= 0.3 is 6.18 Å². The van der Waals surface area contributed by atoms with Gasteiger partial charge in [0.2, 0.25) is 0 Å². The van der Waals surface area contributed by atoms with E-state index in [4.69, 9.17) is 4.74 Å². The molecule has 1 aliphatic carbocycles. The van der Waals surface area contributed by atoms with Gasteiger partial charge in [-0.3, -0.25) is 0 Å². The summed E-state index contributed by atoms with van der Waals surface area (Å²) in [5, 5.41) is 7.79. The number of hydrogen-bond acceptors (Lipinski definition) is 4. The van der Waals surface area contributed by atoms with E-state index in [0.717, 1.165) is 34.6 Å². The van der Waals surface area contributed by atoms with Crippen molar-refractivity contribution in [1.29, 1.82) is 0 Å². The van der Waals surface area contributed by atoms with E-state index in [9.17, 15) is 13.2 Å². The first-order valence-corrected chi connectivity index (χ1v) is 10.6. The average Bonchev–Trinajstić information content (AvgIpc) is 3.39. The van der Waals surface area contributed by atoms with E-state index in [2.05, 4.69) is 20.6 Å². The lowest BCUT2D eigenvalue weighted by molar-refractivity contribution is -0.140. The smallest absolute Gasteiger partial charge is 0.434 e. The molecule has 1 fully saturated rings. The van der Waals surface area contributed by atoms with Crippen LogP contribution in [0.5, 0.6) is 5.75 Å². The van der Waals surface area contributed by atoms with Crippen molar-refractivity contribution >= 4 is 17.3 Å². The summed E-state index contributed by atoms with van der Waals surface area (Å²) in [6, 6.07) is 7.84. The SMILES string of the molecule is CCNC(=NCc1ccccc1OCC1CC1)NCCc1nc(C(F)(F)F)cs1. The Labute approximate surface area is 172 Å². The predicted octanol–water partition coefficient (Wildman–Crippen LogP) is 4.25. The molecule has 0 radical (unpaired) electrons. The van der Waals surface area contributed by atoms with Crippen molar-refractivity contribution < 1.29 is 17.9 Å². The Morgan fingerprint density at radius 3 is 2.76 bits per heavy atom. The Bertz CT molecular complexity index is 818. The van der Waals surface area contributed by atoms with Crippen LogP contribution in [0.2, 0.25) is 0 Å². The van der Waals surface area contributed by atoms with Crippen molar-refractivity contribution in [3.63, 3.8) is 0 Å². The monoisotopic (exact) mass is 426 g/mol. The Morgan fingerprint density at radius 2 is 2.07 bits per heavy atom. The number of rotatable bonds is 9. The zero-order chi connectivity index (χ0) is 20.7. The topological polar surface area (TPSA) is 58.5 Å². The summed E-state index contributed by atoms with van der Waals surface area (Å²) in [5.74, 6) is 2.13. The first kappa shape index (κ1) is 21.4. The Hall–Kier alpha value is -2.29. The molecule has 158 valence electrons. The number of ether oxygens (including phenoxy) is 1. The number of alkyl halides is 3. The minimum absolute atomic E-state index is 0.395. The molecule has 0 atom stereocenters. The number of nitrogens with one attached hydrogen (secondary N) is 2. The third kappa shape index (κ3) is 6.92. The first-order valence-electron chi connectivity index (χ1n) is 9.70. The maximum atomic E-state index is 12.6. The van der Waals surface area contributed by atoms with E-state index in [1.165, 1.54) is 12.8 Å². The number of para-hydroxylation sites is 1. The number of nitrogens with zero attached hydrogens (tertiary/aromatic N) is 2. The van der Waals surface area contributed by atoms with Gasteiger partial charge in [-0.2, -0.15) is 13.2 Å². The highest BCUT2D eigenvalue weighted by molar-refractivity contribution is 7.09. The van der Waals surface area contributed by atoms with E-state index >= 15 is 0 Å². The minimum Gasteiger partial charge on any atom is -0.493 e. The second-order valence-corrected chi connectivity index (χ2v) is 7.80. The van der Waals surface area contributed by atoms with Crippen LogP contribution in [0.15, 0.2) is 34.6 Å². The molecule has 3 rings (SSSR count). The van der Waals surface area contributed by atoms with Gasteiger partial charge in [-0.05, 0) is 31.7 Å². The number of guanidine groups is 1. The second kappa shape index (κ2) is 9.96. The summed E-state index contributed by atoms with van der Waals surface area (Å²) < 4.78 is 43.8. The third-order valence-corrected chi connectivity index (χ3v) is 5.28. The minimum atomic E-state index is -4.40. The summed E-state index contributed by atoms with van der Waals surface area (Å²) in [6.07, 6.45) is -1.53. The van der Waals surface area contributed by atoms with Gasteiger partial charge in [-0.1, -0.05) is 18.2 Å². The standard InChI is InChI=1S/C20H25F3N4OS/c1-2-24-19(25-10-9-18-27-17(13-29-18)20(21,22)23)26-11-15-5-3-4-6-16(15)28-12-14-7-8-14/h3-6,13-14H,2,7-12H2,1H3,(H2,24,25,26). The molecule has 0 spiro atoms. The van der Waals surface area contributed by atoms with Gasteiger partial charge in [0.25, 0.3) is 0 Å². The maximum absolute atomic E-state index is 12.6. The van der Waals surface area contributed by atoms with Gasteiger partial charge in [0.1, 0.15) is 5.75 Å². The molecular formula is C20H25F3N4OS. The van der Waals surface area contributed by atoms with Crippen molar-refractivity contribution in [2.24, 2.45) is 10.9 Å². The number of thiazole rings is 1. The molecule has 0 aliphatic heterocycles. The molecule has 9 heteroatoms. The summed E-state index contributed by atoms with van der Waals surface area (Å²) in [5.41, 5.74) is 0.168. The Balaban J connectivity index is 1.54. The van der Waals surface area contributed by atoms with E-state index in [1.807, 2.05) is 31.2 Å². The fraction of sp³-hybridized carbons (Fsp3) is 0.500. The maximum Gasteiger partial charge on any atom is 0.434 e. The van der Waals surface area contributed by atoms with Crippen LogP contribution in [-0.4, -0.2) is 30.6 Å². The van der Waals surface area contributed by atoms with Crippen molar-refractivity contribution in [3.8, 4) is 5.75 Å². The quantitative estimate of drug-likeness (QED) is 0.465. The molecular weight excluding hydrogens is 401 g/mol. The third-order valence-electron chi connectivity index (χ3n) is 4.37. The zero-order valence-electron chi connectivity index (χ0n) is 16.3. The van der Waals surface area contributed by atoms with Crippen molar-refractivity contribution in [2.45, 2.75) is 38.9 Å². The fourth-order valence-electron chi connectivity index (χ4n) is 2.62. The molecule has 1 saturated carbocycles. The van der Waals surface area contributed by atoms with E-state index < -0.39 is 11.9 Å². The van der Waals surface area contributed by atoms with Crippen molar-refractivity contribution in [1.82, 2.24) is 15.6 Å². The number of aliphatic imine (C=N–C) groups is 1. The van der Waals surface area contributed by atoms with Gasteiger partial charge in [-0.15, -0.1) is 11.3 Å². The van der Waals surface area contributed by atoms with E-state index in [-0.39, 0.29) is 0 Å². The normalized spacial score (nSPS) is 14.7. The van der Waals surface area contributed by atoms with Crippen LogP contribution in [0.3, 0.4) is 0 Å². The molecule has 0 amide bonds. The molecule has 2 N–H and O–H groups in total. The van der Waals surface area contributed by atoms with Crippen LogP contribution < -0.4 is 15.4 Å². The molecule has 5 nitrogen and oxygen atoms in total. The lowest BCUT2D eigenvalue weighted by atomic mass is 10.2. The van der Waals surface area contributed by atoms with Gasteiger partial charge in [0.15, 0.2) is 11.7 Å². The van der Waals surface area contributed by atoms with Gasteiger partial charge < -0.3 is 15.4 Å². The number of hydrogen-bond donors (Lipinski definition) is 2.